The third-order valence-electron chi connectivity index (χ3n) is 7.71. The van der Waals surface area contributed by atoms with Gasteiger partial charge in [0, 0.05) is 17.9 Å². The first-order chi connectivity index (χ1) is 14.8. The van der Waals surface area contributed by atoms with Crippen LogP contribution < -0.4 is 0 Å². The lowest BCUT2D eigenvalue weighted by molar-refractivity contribution is -0.181. The van der Waals surface area contributed by atoms with E-state index in [1.165, 1.54) is 6.08 Å². The second-order valence-electron chi connectivity index (χ2n) is 10.2. The van der Waals surface area contributed by atoms with Crippen LogP contribution in [0.2, 0.25) is 18.1 Å². The summed E-state index contributed by atoms with van der Waals surface area (Å²) in [6.45, 7) is 19.4. The van der Waals surface area contributed by atoms with Gasteiger partial charge in [-0.2, -0.15) is 0 Å². The zero-order chi connectivity index (χ0) is 24.4. The van der Waals surface area contributed by atoms with Gasteiger partial charge in [0.15, 0.2) is 14.1 Å². The third-order valence-corrected chi connectivity index (χ3v) is 12.3. The summed E-state index contributed by atoms with van der Waals surface area (Å²) in [6, 6.07) is 3.12. The molecule has 3 atom stereocenters. The quantitative estimate of drug-likeness (QED) is 0.180. The molecule has 0 bridgehead atoms. The van der Waals surface area contributed by atoms with E-state index >= 15 is 0 Å². The van der Waals surface area contributed by atoms with Crippen LogP contribution in [0.1, 0.15) is 75.2 Å². The second kappa shape index (κ2) is 9.96. The smallest absolute Gasteiger partial charge is 0.328 e. The fraction of sp³-hybridized carbons (Fsp3) is 0.731. The lowest BCUT2D eigenvalue weighted by Crippen LogP contribution is -2.59. The Morgan fingerprint density at radius 3 is 2.09 bits per heavy atom. The molecule has 1 aliphatic heterocycles. The summed E-state index contributed by atoms with van der Waals surface area (Å²) in [7, 11) is -2.01. The minimum absolute atomic E-state index is 0.0272. The minimum Gasteiger partial charge on any atom is -0.478 e. The number of ether oxygens (including phenoxy) is 2. The molecule has 182 valence electrons. The van der Waals surface area contributed by atoms with Crippen molar-refractivity contribution in [1.29, 1.82) is 0 Å². The van der Waals surface area contributed by atoms with Gasteiger partial charge in [0.1, 0.15) is 5.60 Å². The van der Waals surface area contributed by atoms with Crippen LogP contribution in [0.25, 0.3) is 0 Å². The first-order valence-corrected chi connectivity index (χ1v) is 14.7. The molecule has 1 N–H and O–H groups in total. The van der Waals surface area contributed by atoms with Crippen LogP contribution in [-0.2, 0) is 18.7 Å². The molecule has 32 heavy (non-hydrogen) atoms. The summed E-state index contributed by atoms with van der Waals surface area (Å²) >= 11 is 0. The summed E-state index contributed by atoms with van der Waals surface area (Å²) in [5.41, 5.74) is 0.869. The van der Waals surface area contributed by atoms with Crippen molar-refractivity contribution >= 4 is 14.3 Å². The molecule has 2 rings (SSSR count). The van der Waals surface area contributed by atoms with Crippen molar-refractivity contribution in [3.63, 3.8) is 0 Å². The zero-order valence-electron chi connectivity index (χ0n) is 21.6. The van der Waals surface area contributed by atoms with Crippen molar-refractivity contribution in [2.75, 3.05) is 0 Å². The maximum atomic E-state index is 11.3. The average Bonchev–Trinajstić information content (AvgIpc) is 2.98. The van der Waals surface area contributed by atoms with Gasteiger partial charge < -0.3 is 19.0 Å². The highest BCUT2D eigenvalue weighted by Gasteiger charge is 2.59. The van der Waals surface area contributed by atoms with E-state index < -0.39 is 25.7 Å². The number of allylic oxidation sites excluding steroid dienone is 2. The second-order valence-corrected chi connectivity index (χ2v) is 14.9. The van der Waals surface area contributed by atoms with E-state index in [9.17, 15) is 9.90 Å². The van der Waals surface area contributed by atoms with Crippen LogP contribution in [0.15, 0.2) is 35.5 Å². The van der Waals surface area contributed by atoms with Gasteiger partial charge >= 0.3 is 5.97 Å². The number of carboxylic acids is 1. The molecule has 0 aromatic carbocycles. The summed E-state index contributed by atoms with van der Waals surface area (Å²) in [5, 5.41) is 9.28. The van der Waals surface area contributed by atoms with Gasteiger partial charge in [0.25, 0.3) is 0 Å². The average molecular weight is 465 g/mol. The highest BCUT2D eigenvalue weighted by atomic mass is 28.4. The molecular formula is C26H44O5Si. The van der Waals surface area contributed by atoms with E-state index in [-0.39, 0.29) is 17.6 Å². The van der Waals surface area contributed by atoms with Crippen LogP contribution >= 0.6 is 0 Å². The van der Waals surface area contributed by atoms with E-state index in [1.54, 1.807) is 0 Å². The van der Waals surface area contributed by atoms with E-state index in [0.29, 0.717) is 12.8 Å². The highest BCUT2D eigenvalue weighted by molar-refractivity contribution is 6.73. The van der Waals surface area contributed by atoms with Gasteiger partial charge in [-0.15, -0.1) is 0 Å². The largest absolute Gasteiger partial charge is 0.478 e. The number of carboxylic acid groups (broad SMARTS) is 1. The summed E-state index contributed by atoms with van der Waals surface area (Å²) in [5.74, 6) is -1.67. The Bertz CT molecular complexity index is 759. The fourth-order valence-electron chi connectivity index (χ4n) is 5.34. The number of hydrogen-bond acceptors (Lipinski definition) is 4. The SMILES string of the molecule is CCC(C=CC1(O[Si](CC)(CC)CC)C(C)=CC2(CC1(C)C)OC(C)C(C)O2)=CC(=O)O. The first kappa shape index (κ1) is 27.0. The minimum atomic E-state index is -2.01. The van der Waals surface area contributed by atoms with E-state index in [4.69, 9.17) is 13.9 Å². The van der Waals surface area contributed by atoms with Crippen LogP contribution in [-0.4, -0.2) is 43.0 Å². The predicted molar refractivity (Wildman–Crippen MR) is 132 cm³/mol. The van der Waals surface area contributed by atoms with Gasteiger partial charge in [-0.1, -0.05) is 47.6 Å². The Morgan fingerprint density at radius 2 is 1.69 bits per heavy atom. The Hall–Kier alpha value is -1.21. The zero-order valence-corrected chi connectivity index (χ0v) is 22.6. The van der Waals surface area contributed by atoms with Crippen molar-refractivity contribution in [2.24, 2.45) is 5.41 Å². The lowest BCUT2D eigenvalue weighted by atomic mass is 9.63. The molecule has 2 aliphatic rings. The maximum absolute atomic E-state index is 11.3. The molecule has 5 nitrogen and oxygen atoms in total. The van der Waals surface area contributed by atoms with Gasteiger partial charge in [-0.3, -0.25) is 0 Å². The number of aliphatic carboxylic acids is 1. The molecule has 0 saturated carbocycles. The van der Waals surface area contributed by atoms with Crippen molar-refractivity contribution in [3.05, 3.63) is 35.5 Å². The standard InChI is InChI=1S/C26H44O5Si/c1-10-22(16-23(27)28)14-15-26(31-32(11-2,12-3)13-4)19(5)17-25(18-24(26,8)9)29-20(6)21(7)30-25/h14-17,20-21H,10-13,18H2,1-9H3,(H,27,28). The Morgan fingerprint density at radius 1 is 1.16 bits per heavy atom. The Labute approximate surface area is 196 Å². The molecule has 1 spiro atoms. The highest BCUT2D eigenvalue weighted by Crippen LogP contribution is 2.55. The van der Waals surface area contributed by atoms with Crippen molar-refractivity contribution in [2.45, 2.75) is 117 Å². The molecular weight excluding hydrogens is 420 g/mol. The van der Waals surface area contributed by atoms with E-state index in [0.717, 1.165) is 29.3 Å². The number of rotatable bonds is 9. The summed E-state index contributed by atoms with van der Waals surface area (Å²) in [4.78, 5) is 11.3. The summed E-state index contributed by atoms with van der Waals surface area (Å²) < 4.78 is 20.0. The lowest BCUT2D eigenvalue weighted by Gasteiger charge is -2.55. The molecule has 3 unspecified atom stereocenters. The normalized spacial score (nSPS) is 33.2. The molecule has 1 heterocycles. The molecule has 1 saturated heterocycles. The topological polar surface area (TPSA) is 65.0 Å². The van der Waals surface area contributed by atoms with E-state index in [2.05, 4.69) is 67.5 Å². The number of hydrogen-bond donors (Lipinski definition) is 1. The van der Waals surface area contributed by atoms with Gasteiger partial charge in [0.05, 0.1) is 12.2 Å². The van der Waals surface area contributed by atoms with Crippen LogP contribution in [0.5, 0.6) is 0 Å². The third kappa shape index (κ3) is 5.14. The summed E-state index contributed by atoms with van der Waals surface area (Å²) in [6.07, 6.45) is 8.85. The van der Waals surface area contributed by atoms with Crippen LogP contribution in [0, 0.1) is 5.41 Å². The van der Waals surface area contributed by atoms with Gasteiger partial charge in [-0.25, -0.2) is 4.79 Å². The van der Waals surface area contributed by atoms with Crippen molar-refractivity contribution in [3.8, 4) is 0 Å². The maximum Gasteiger partial charge on any atom is 0.328 e. The van der Waals surface area contributed by atoms with Crippen molar-refractivity contribution < 1.29 is 23.8 Å². The van der Waals surface area contributed by atoms with Crippen LogP contribution in [0.3, 0.4) is 0 Å². The van der Waals surface area contributed by atoms with Crippen molar-refractivity contribution in [1.82, 2.24) is 0 Å². The molecule has 6 heteroatoms. The molecule has 0 radical (unpaired) electrons. The molecule has 0 amide bonds. The predicted octanol–water partition coefficient (Wildman–Crippen LogP) is 6.62. The first-order valence-electron chi connectivity index (χ1n) is 12.2. The fourth-order valence-corrected chi connectivity index (χ4v) is 8.46. The van der Waals surface area contributed by atoms with Gasteiger partial charge in [0.2, 0.25) is 0 Å². The molecule has 0 aromatic rings. The Balaban J connectivity index is 2.68. The van der Waals surface area contributed by atoms with Gasteiger partial charge in [-0.05, 0) is 68.6 Å². The molecule has 1 aliphatic carbocycles. The van der Waals surface area contributed by atoms with E-state index in [1.807, 2.05) is 13.0 Å². The molecule has 0 aromatic heterocycles. The Kier molecular flexibility index (Phi) is 8.41. The molecule has 1 fully saturated rings. The number of carbonyl (C=O) groups is 1. The van der Waals surface area contributed by atoms with Crippen LogP contribution in [0.4, 0.5) is 0 Å². The monoisotopic (exact) mass is 464 g/mol.